The molecule has 0 saturated carbocycles. The smallest absolute Gasteiger partial charge is 0.337 e. The summed E-state index contributed by atoms with van der Waals surface area (Å²) in [4.78, 5) is 16.1. The molecule has 0 fully saturated rings. The molecule has 1 aromatic heterocycles. The summed E-state index contributed by atoms with van der Waals surface area (Å²) < 4.78 is 10.9. The second kappa shape index (κ2) is 7.34. The predicted octanol–water partition coefficient (Wildman–Crippen LogP) is 4.86. The Hall–Kier alpha value is -2.88. The van der Waals surface area contributed by atoms with E-state index >= 15 is 0 Å². The van der Waals surface area contributed by atoms with E-state index in [1.807, 2.05) is 49.4 Å². The highest BCUT2D eigenvalue weighted by Crippen LogP contribution is 2.28. The first-order chi connectivity index (χ1) is 12.1. The number of aryl methyl sites for hydroxylation is 1. The molecule has 4 nitrogen and oxygen atoms in total. The normalized spacial score (nSPS) is 12.0. The maximum absolute atomic E-state index is 11.6. The molecule has 2 aromatic carbocycles. The van der Waals surface area contributed by atoms with Crippen LogP contribution in [-0.2, 0) is 4.74 Å². The van der Waals surface area contributed by atoms with Crippen molar-refractivity contribution in [1.29, 1.82) is 0 Å². The second-order valence-electron chi connectivity index (χ2n) is 5.94. The van der Waals surface area contributed by atoms with Crippen LogP contribution < -0.4 is 4.74 Å². The number of esters is 1. The summed E-state index contributed by atoms with van der Waals surface area (Å²) in [6, 6.07) is 15.3. The molecule has 0 aliphatic rings. The maximum atomic E-state index is 11.6. The molecule has 128 valence electrons. The average molecular weight is 335 g/mol. The first-order valence-corrected chi connectivity index (χ1v) is 8.32. The van der Waals surface area contributed by atoms with Crippen molar-refractivity contribution in [1.82, 2.24) is 4.98 Å². The molecule has 4 heteroatoms. The standard InChI is InChI=1S/C21H21NO3/c1-4-19(20-14(2)6-5-11-22-20)25-18-10-9-15-12-17(21(23)24-3)8-7-16(15)13-18/h5-13,19H,4H2,1-3H3/t19-/m0/s1. The zero-order valence-electron chi connectivity index (χ0n) is 14.7. The lowest BCUT2D eigenvalue weighted by Gasteiger charge is -2.19. The molecule has 0 amide bonds. The van der Waals surface area contributed by atoms with E-state index in [1.165, 1.54) is 7.11 Å². The van der Waals surface area contributed by atoms with E-state index in [9.17, 15) is 4.79 Å². The second-order valence-corrected chi connectivity index (χ2v) is 5.94. The van der Waals surface area contributed by atoms with Crippen LogP contribution in [0, 0.1) is 6.92 Å². The monoisotopic (exact) mass is 335 g/mol. The van der Waals surface area contributed by atoms with Gasteiger partial charge in [-0.25, -0.2) is 4.79 Å². The Labute approximate surface area is 147 Å². The number of carbonyl (C=O) groups is 1. The summed E-state index contributed by atoms with van der Waals surface area (Å²) in [5.74, 6) is 0.453. The lowest BCUT2D eigenvalue weighted by Crippen LogP contribution is -2.10. The molecule has 0 N–H and O–H groups in total. The number of ether oxygens (including phenoxy) is 2. The SMILES string of the molecule is CC[C@H](Oc1ccc2cc(C(=O)OC)ccc2c1)c1ncccc1C. The van der Waals surface area contributed by atoms with Crippen LogP contribution in [0.3, 0.4) is 0 Å². The van der Waals surface area contributed by atoms with Gasteiger partial charge in [0.05, 0.1) is 18.4 Å². The molecule has 0 bridgehead atoms. The van der Waals surface area contributed by atoms with Crippen molar-refractivity contribution >= 4 is 16.7 Å². The number of rotatable bonds is 5. The Morgan fingerprint density at radius 1 is 1.12 bits per heavy atom. The molecule has 25 heavy (non-hydrogen) atoms. The van der Waals surface area contributed by atoms with Crippen molar-refractivity contribution in [3.05, 3.63) is 71.5 Å². The van der Waals surface area contributed by atoms with Gasteiger partial charge in [0, 0.05) is 6.20 Å². The summed E-state index contributed by atoms with van der Waals surface area (Å²) in [5, 5.41) is 1.98. The molecular weight excluding hydrogens is 314 g/mol. The van der Waals surface area contributed by atoms with Gasteiger partial charge in [-0.1, -0.05) is 25.1 Å². The minimum atomic E-state index is -0.334. The average Bonchev–Trinajstić information content (AvgIpc) is 2.65. The minimum absolute atomic E-state index is 0.0898. The van der Waals surface area contributed by atoms with Gasteiger partial charge in [0.1, 0.15) is 11.9 Å². The molecule has 1 atom stereocenters. The van der Waals surface area contributed by atoms with Crippen LogP contribution in [0.5, 0.6) is 5.75 Å². The zero-order chi connectivity index (χ0) is 17.8. The summed E-state index contributed by atoms with van der Waals surface area (Å²) in [6.45, 7) is 4.13. The topological polar surface area (TPSA) is 48.4 Å². The van der Waals surface area contributed by atoms with E-state index in [4.69, 9.17) is 9.47 Å². The number of aromatic nitrogens is 1. The number of carbonyl (C=O) groups excluding carboxylic acids is 1. The van der Waals surface area contributed by atoms with Gasteiger partial charge < -0.3 is 9.47 Å². The Bertz CT molecular complexity index is 905. The Kier molecular flexibility index (Phi) is 4.98. The van der Waals surface area contributed by atoms with Gasteiger partial charge >= 0.3 is 5.97 Å². The molecule has 1 heterocycles. The fraction of sp³-hybridized carbons (Fsp3) is 0.238. The highest BCUT2D eigenvalue weighted by atomic mass is 16.5. The van der Waals surface area contributed by atoms with Gasteiger partial charge in [-0.15, -0.1) is 0 Å². The Morgan fingerprint density at radius 3 is 2.60 bits per heavy atom. The van der Waals surface area contributed by atoms with E-state index in [0.29, 0.717) is 5.56 Å². The van der Waals surface area contributed by atoms with Crippen molar-refractivity contribution in [3.63, 3.8) is 0 Å². The molecule has 0 aliphatic heterocycles. The molecule has 3 aromatic rings. The van der Waals surface area contributed by atoms with E-state index in [1.54, 1.807) is 12.3 Å². The fourth-order valence-electron chi connectivity index (χ4n) is 2.87. The Morgan fingerprint density at radius 2 is 1.88 bits per heavy atom. The van der Waals surface area contributed by atoms with Crippen molar-refractivity contribution in [2.45, 2.75) is 26.4 Å². The van der Waals surface area contributed by atoms with Gasteiger partial charge in [0.25, 0.3) is 0 Å². The molecule has 0 saturated heterocycles. The maximum Gasteiger partial charge on any atom is 0.337 e. The molecule has 3 rings (SSSR count). The van der Waals surface area contributed by atoms with Crippen LogP contribution in [0.15, 0.2) is 54.7 Å². The summed E-state index contributed by atoms with van der Waals surface area (Å²) in [7, 11) is 1.38. The van der Waals surface area contributed by atoms with Crippen LogP contribution >= 0.6 is 0 Å². The van der Waals surface area contributed by atoms with Crippen LogP contribution in [0.4, 0.5) is 0 Å². The first kappa shape index (κ1) is 17.0. The van der Waals surface area contributed by atoms with E-state index < -0.39 is 0 Å². The van der Waals surface area contributed by atoms with Crippen molar-refractivity contribution in [2.24, 2.45) is 0 Å². The quantitative estimate of drug-likeness (QED) is 0.625. The van der Waals surface area contributed by atoms with Crippen molar-refractivity contribution < 1.29 is 14.3 Å². The number of methoxy groups -OCH3 is 1. The van der Waals surface area contributed by atoms with Gasteiger partial charge in [-0.2, -0.15) is 0 Å². The van der Waals surface area contributed by atoms with Crippen LogP contribution in [-0.4, -0.2) is 18.1 Å². The lowest BCUT2D eigenvalue weighted by atomic mass is 10.1. The number of pyridine rings is 1. The number of benzene rings is 2. The van der Waals surface area contributed by atoms with Gasteiger partial charge in [-0.05, 0) is 60.0 Å². The van der Waals surface area contributed by atoms with Gasteiger partial charge in [0.15, 0.2) is 0 Å². The molecule has 0 radical (unpaired) electrons. The molecule has 0 spiro atoms. The number of fused-ring (bicyclic) bond motifs is 1. The highest BCUT2D eigenvalue weighted by Gasteiger charge is 2.15. The largest absolute Gasteiger partial charge is 0.484 e. The van der Waals surface area contributed by atoms with Crippen LogP contribution in [0.2, 0.25) is 0 Å². The van der Waals surface area contributed by atoms with Crippen molar-refractivity contribution in [3.8, 4) is 5.75 Å². The summed E-state index contributed by atoms with van der Waals surface area (Å²) >= 11 is 0. The molecule has 0 unspecified atom stereocenters. The van der Waals surface area contributed by atoms with Crippen LogP contribution in [0.25, 0.3) is 10.8 Å². The van der Waals surface area contributed by atoms with E-state index in [0.717, 1.165) is 34.2 Å². The predicted molar refractivity (Wildman–Crippen MR) is 97.9 cm³/mol. The number of hydrogen-bond donors (Lipinski definition) is 0. The van der Waals surface area contributed by atoms with Crippen LogP contribution in [0.1, 0.15) is 41.1 Å². The van der Waals surface area contributed by atoms with Gasteiger partial charge in [0.2, 0.25) is 0 Å². The highest BCUT2D eigenvalue weighted by molar-refractivity contribution is 5.95. The van der Waals surface area contributed by atoms with E-state index in [-0.39, 0.29) is 12.1 Å². The third-order valence-corrected chi connectivity index (χ3v) is 4.24. The third-order valence-electron chi connectivity index (χ3n) is 4.24. The van der Waals surface area contributed by atoms with Gasteiger partial charge in [-0.3, -0.25) is 4.98 Å². The third kappa shape index (κ3) is 3.63. The zero-order valence-corrected chi connectivity index (χ0v) is 14.7. The summed E-state index contributed by atoms with van der Waals surface area (Å²) in [5.41, 5.74) is 2.63. The number of hydrogen-bond acceptors (Lipinski definition) is 4. The Balaban J connectivity index is 1.88. The van der Waals surface area contributed by atoms with E-state index in [2.05, 4.69) is 11.9 Å². The molecular formula is C21H21NO3. The summed E-state index contributed by atoms with van der Waals surface area (Å²) in [6.07, 6.45) is 2.54. The number of nitrogens with zero attached hydrogens (tertiary/aromatic N) is 1. The first-order valence-electron chi connectivity index (χ1n) is 8.32. The van der Waals surface area contributed by atoms with Crippen molar-refractivity contribution in [2.75, 3.05) is 7.11 Å². The minimum Gasteiger partial charge on any atom is -0.484 e. The lowest BCUT2D eigenvalue weighted by molar-refractivity contribution is 0.0601. The fourth-order valence-corrected chi connectivity index (χ4v) is 2.87. The molecule has 0 aliphatic carbocycles.